The molecule has 1 aliphatic carbocycles. The highest BCUT2D eigenvalue weighted by Crippen LogP contribution is 2.43. The number of fused-ring (bicyclic) bond motifs is 1. The Morgan fingerprint density at radius 3 is 2.37 bits per heavy atom. The molecule has 4 atom stereocenters. The number of nitrogens with zero attached hydrogens (tertiary/aromatic N) is 1. The molecule has 2 aromatic carbocycles. The molecule has 0 bridgehead atoms. The number of amides is 1. The highest BCUT2D eigenvalue weighted by Gasteiger charge is 2.48. The van der Waals surface area contributed by atoms with Crippen LogP contribution in [-0.2, 0) is 27.3 Å². The highest BCUT2D eigenvalue weighted by molar-refractivity contribution is 5.80. The van der Waals surface area contributed by atoms with Crippen molar-refractivity contribution in [1.29, 1.82) is 0 Å². The van der Waals surface area contributed by atoms with E-state index in [9.17, 15) is 9.59 Å². The Labute approximate surface area is 178 Å². The zero-order valence-corrected chi connectivity index (χ0v) is 17.4. The van der Waals surface area contributed by atoms with Crippen molar-refractivity contribution in [3.8, 4) is 0 Å². The second kappa shape index (κ2) is 9.29. The van der Waals surface area contributed by atoms with Crippen LogP contribution in [0.15, 0.2) is 72.8 Å². The Balaban J connectivity index is 1.70. The number of carbonyl (C=O) groups excluding carboxylic acids is 2. The molecule has 156 valence electrons. The lowest BCUT2D eigenvalue weighted by atomic mass is 9.66. The molecule has 0 spiro atoms. The van der Waals surface area contributed by atoms with Gasteiger partial charge in [0.15, 0.2) is 0 Å². The monoisotopic (exact) mass is 403 g/mol. The average molecular weight is 404 g/mol. The van der Waals surface area contributed by atoms with Gasteiger partial charge < -0.3 is 9.64 Å². The molecule has 0 N–H and O–H groups in total. The smallest absolute Gasteiger partial charge is 0.309 e. The third-order valence-electron chi connectivity index (χ3n) is 6.38. The zero-order valence-electron chi connectivity index (χ0n) is 17.4. The van der Waals surface area contributed by atoms with Gasteiger partial charge in [0.2, 0.25) is 5.91 Å². The first kappa shape index (κ1) is 20.4. The summed E-state index contributed by atoms with van der Waals surface area (Å²) in [7, 11) is 0. The van der Waals surface area contributed by atoms with Crippen molar-refractivity contribution in [2.45, 2.75) is 38.8 Å². The van der Waals surface area contributed by atoms with Crippen LogP contribution in [0.2, 0.25) is 0 Å². The molecule has 4 heteroatoms. The van der Waals surface area contributed by atoms with E-state index in [0.29, 0.717) is 26.0 Å². The van der Waals surface area contributed by atoms with Crippen molar-refractivity contribution in [3.05, 3.63) is 83.9 Å². The van der Waals surface area contributed by atoms with Crippen molar-refractivity contribution >= 4 is 11.9 Å². The molecule has 30 heavy (non-hydrogen) atoms. The molecule has 4 nitrogen and oxygen atoms in total. The van der Waals surface area contributed by atoms with Crippen molar-refractivity contribution in [2.24, 2.45) is 17.8 Å². The second-order valence-corrected chi connectivity index (χ2v) is 8.23. The van der Waals surface area contributed by atoms with Crippen LogP contribution in [0, 0.1) is 17.8 Å². The summed E-state index contributed by atoms with van der Waals surface area (Å²) in [6.45, 7) is 2.80. The number of piperidine rings is 1. The summed E-state index contributed by atoms with van der Waals surface area (Å²) in [4.78, 5) is 28.1. The minimum absolute atomic E-state index is 0.0433. The van der Waals surface area contributed by atoms with Crippen LogP contribution in [0.1, 0.15) is 30.9 Å². The number of hydrogen-bond acceptors (Lipinski definition) is 3. The minimum atomic E-state index is -0.208. The van der Waals surface area contributed by atoms with E-state index >= 15 is 0 Å². The van der Waals surface area contributed by atoms with Crippen molar-refractivity contribution in [3.63, 3.8) is 0 Å². The first-order valence-electron chi connectivity index (χ1n) is 10.9. The van der Waals surface area contributed by atoms with Gasteiger partial charge in [-0.15, -0.1) is 0 Å². The van der Waals surface area contributed by atoms with Gasteiger partial charge in [0.1, 0.15) is 0 Å². The first-order chi connectivity index (χ1) is 14.7. The fourth-order valence-corrected chi connectivity index (χ4v) is 5.04. The molecule has 4 rings (SSSR count). The van der Waals surface area contributed by atoms with Crippen molar-refractivity contribution in [2.75, 3.05) is 6.61 Å². The van der Waals surface area contributed by atoms with Crippen LogP contribution in [0.25, 0.3) is 0 Å². The highest BCUT2D eigenvalue weighted by atomic mass is 16.5. The Kier molecular flexibility index (Phi) is 6.32. The summed E-state index contributed by atoms with van der Waals surface area (Å²) in [5, 5.41) is 0. The Bertz CT molecular complexity index is 893. The molecule has 1 aliphatic heterocycles. The normalized spacial score (nSPS) is 25.6. The molecular weight excluding hydrogens is 374 g/mol. The Hall–Kier alpha value is -2.88. The Morgan fingerprint density at radius 1 is 1.03 bits per heavy atom. The maximum absolute atomic E-state index is 13.2. The van der Waals surface area contributed by atoms with Crippen LogP contribution in [0.3, 0.4) is 0 Å². The lowest BCUT2D eigenvalue weighted by Gasteiger charge is -2.48. The van der Waals surface area contributed by atoms with Gasteiger partial charge in [-0.25, -0.2) is 0 Å². The molecule has 2 aromatic rings. The molecule has 0 radical (unpaired) electrons. The van der Waals surface area contributed by atoms with E-state index in [2.05, 4.69) is 36.4 Å². The SMILES string of the molecule is CCOC(=O)[C@@H]1CC=C[C@H]2CC(=O)N(Cc3ccccc3)[C@@H](Cc3ccccc3)[C@H]21. The van der Waals surface area contributed by atoms with Crippen LogP contribution < -0.4 is 0 Å². The van der Waals surface area contributed by atoms with Crippen LogP contribution >= 0.6 is 0 Å². The second-order valence-electron chi connectivity index (χ2n) is 8.23. The first-order valence-corrected chi connectivity index (χ1v) is 10.9. The van der Waals surface area contributed by atoms with Gasteiger partial charge in [0.25, 0.3) is 0 Å². The maximum atomic E-state index is 13.2. The molecular formula is C26H29NO3. The molecule has 0 saturated carbocycles. The van der Waals surface area contributed by atoms with Gasteiger partial charge in [0.05, 0.1) is 12.5 Å². The van der Waals surface area contributed by atoms with Gasteiger partial charge in [-0.2, -0.15) is 0 Å². The molecule has 1 saturated heterocycles. The van der Waals surface area contributed by atoms with Gasteiger partial charge in [-0.3, -0.25) is 9.59 Å². The summed E-state index contributed by atoms with van der Waals surface area (Å²) >= 11 is 0. The summed E-state index contributed by atoms with van der Waals surface area (Å²) < 4.78 is 5.43. The zero-order chi connectivity index (χ0) is 20.9. The third-order valence-corrected chi connectivity index (χ3v) is 6.38. The predicted octanol–water partition coefficient (Wildman–Crippen LogP) is 4.40. The van der Waals surface area contributed by atoms with Crippen LogP contribution in [-0.4, -0.2) is 29.4 Å². The number of hydrogen-bond donors (Lipinski definition) is 0. The lowest BCUT2D eigenvalue weighted by molar-refractivity contribution is -0.158. The molecule has 0 aromatic heterocycles. The van der Waals surface area contributed by atoms with E-state index in [0.717, 1.165) is 12.0 Å². The molecule has 1 heterocycles. The number of rotatable bonds is 6. The number of benzene rings is 2. The van der Waals surface area contributed by atoms with E-state index < -0.39 is 0 Å². The number of ether oxygens (including phenoxy) is 1. The molecule has 2 aliphatic rings. The molecule has 1 amide bonds. The number of allylic oxidation sites excluding steroid dienone is 2. The lowest BCUT2D eigenvalue weighted by Crippen LogP contribution is -2.56. The van der Waals surface area contributed by atoms with E-state index in [1.54, 1.807) is 0 Å². The fourth-order valence-electron chi connectivity index (χ4n) is 5.04. The maximum Gasteiger partial charge on any atom is 0.309 e. The van der Waals surface area contributed by atoms with Crippen molar-refractivity contribution < 1.29 is 14.3 Å². The topological polar surface area (TPSA) is 46.6 Å². The van der Waals surface area contributed by atoms with E-state index in [1.165, 1.54) is 5.56 Å². The number of esters is 1. The summed E-state index contributed by atoms with van der Waals surface area (Å²) in [5.41, 5.74) is 2.30. The number of carbonyl (C=O) groups is 2. The van der Waals surface area contributed by atoms with Gasteiger partial charge in [0, 0.05) is 19.0 Å². The largest absolute Gasteiger partial charge is 0.466 e. The number of likely N-dealkylation sites (tertiary alicyclic amines) is 1. The third kappa shape index (κ3) is 4.33. The van der Waals surface area contributed by atoms with E-state index in [1.807, 2.05) is 48.2 Å². The van der Waals surface area contributed by atoms with Crippen LogP contribution in [0.4, 0.5) is 0 Å². The van der Waals surface area contributed by atoms with Gasteiger partial charge >= 0.3 is 5.97 Å². The van der Waals surface area contributed by atoms with Crippen molar-refractivity contribution in [1.82, 2.24) is 4.90 Å². The standard InChI is InChI=1S/C26H29NO3/c1-2-30-26(29)22-15-9-14-21-17-24(28)27(18-20-12-7-4-8-13-20)23(25(21)22)16-19-10-5-3-6-11-19/h3-14,21-23,25H,2,15-18H2,1H3/t21-,22+,23-,25+/m0/s1. The summed E-state index contributed by atoms with van der Waals surface area (Å²) in [6, 6.07) is 20.3. The molecule has 0 unspecified atom stereocenters. The fraction of sp³-hybridized carbons (Fsp3) is 0.385. The molecule has 1 fully saturated rings. The van der Waals surface area contributed by atoms with Crippen LogP contribution in [0.5, 0.6) is 0 Å². The van der Waals surface area contributed by atoms with Gasteiger partial charge in [-0.05, 0) is 42.7 Å². The Morgan fingerprint density at radius 2 is 1.70 bits per heavy atom. The quantitative estimate of drug-likeness (QED) is 0.530. The summed E-state index contributed by atoms with van der Waals surface area (Å²) in [5.74, 6) is -0.0313. The predicted molar refractivity (Wildman–Crippen MR) is 116 cm³/mol. The van der Waals surface area contributed by atoms with E-state index in [4.69, 9.17) is 4.74 Å². The van der Waals surface area contributed by atoms with E-state index in [-0.39, 0.29) is 35.7 Å². The average Bonchev–Trinajstić information content (AvgIpc) is 2.77. The minimum Gasteiger partial charge on any atom is -0.466 e. The summed E-state index contributed by atoms with van der Waals surface area (Å²) in [6.07, 6.45) is 6.08. The van der Waals surface area contributed by atoms with Gasteiger partial charge in [-0.1, -0.05) is 72.8 Å².